The molecule has 0 atom stereocenters. The molecule has 2 aromatic heterocycles. The maximum absolute atomic E-state index is 6.46. The average molecular weight is 653 g/mol. The molecular weight excluding hydrogens is 625 g/mol. The van der Waals surface area contributed by atoms with Crippen molar-refractivity contribution >= 4 is 33.0 Å². The number of benzene rings is 6. The Morgan fingerprint density at radius 3 is 1.75 bits per heavy atom. The summed E-state index contributed by atoms with van der Waals surface area (Å²) in [5, 5.41) is 2.43. The number of fused-ring (bicyclic) bond motifs is 5. The van der Waals surface area contributed by atoms with Gasteiger partial charge in [-0.1, -0.05) is 133 Å². The van der Waals surface area contributed by atoms with Gasteiger partial charge >= 0.3 is 0 Å². The molecule has 2 aliphatic rings. The molecule has 10 rings (SSSR count). The van der Waals surface area contributed by atoms with Crippen molar-refractivity contribution in [2.45, 2.75) is 0 Å². The summed E-state index contributed by atoms with van der Waals surface area (Å²) in [5.41, 5.74) is 13.6. The standard InChI is InChI=1S/C46H28N4O/c1-3-12-30(13-4-1)31-22-24-33(25-23-31)45-47-44(32-14-5-2-6-15-32)48-46(49-45)39-19-11-16-35-29-40(39)38-27-26-34(28-43(38)51-35)50-41-20-9-7-17-36(41)37-18-8-10-21-42(37)50/h1-28H. The fourth-order valence-corrected chi connectivity index (χ4v) is 7.05. The number of nitrogens with zero attached hydrogens (tertiary/aromatic N) is 4. The van der Waals surface area contributed by atoms with Crippen LogP contribution in [0.3, 0.4) is 0 Å². The van der Waals surface area contributed by atoms with Crippen molar-refractivity contribution in [1.82, 2.24) is 19.5 Å². The van der Waals surface area contributed by atoms with E-state index in [-0.39, 0.29) is 0 Å². The third-order valence-electron chi connectivity index (χ3n) is 9.48. The van der Waals surface area contributed by atoms with Crippen LogP contribution in [0.1, 0.15) is 11.4 Å². The van der Waals surface area contributed by atoms with E-state index in [1.54, 1.807) is 0 Å². The van der Waals surface area contributed by atoms with Crippen LogP contribution in [0.4, 0.5) is 0 Å². The second-order valence-corrected chi connectivity index (χ2v) is 12.6. The molecular formula is C46H28N4O. The van der Waals surface area contributed by atoms with Crippen LogP contribution < -0.4 is 4.74 Å². The predicted octanol–water partition coefficient (Wildman–Crippen LogP) is 10.9. The molecule has 8 aromatic rings. The van der Waals surface area contributed by atoms with Gasteiger partial charge in [0.2, 0.25) is 0 Å². The lowest BCUT2D eigenvalue weighted by atomic mass is 9.95. The molecule has 0 saturated heterocycles. The SMILES string of the molecule is C1=C2C=CC=C(c3nc(-c4ccccc4)nc(-c4ccc(-c5ccccc5)cc4)n3)C=1c1ccc(-n3c4ccccc4c4ccccc43)cc1O2. The lowest BCUT2D eigenvalue weighted by Gasteiger charge is -2.19. The molecule has 5 nitrogen and oxygen atoms in total. The first-order valence-corrected chi connectivity index (χ1v) is 17.0. The molecule has 1 aliphatic carbocycles. The molecule has 0 N–H and O–H groups in total. The van der Waals surface area contributed by atoms with Gasteiger partial charge in [-0.3, -0.25) is 0 Å². The third kappa shape index (κ3) is 5.00. The van der Waals surface area contributed by atoms with Crippen molar-refractivity contribution in [3.05, 3.63) is 193 Å². The first kappa shape index (κ1) is 28.9. The van der Waals surface area contributed by atoms with Crippen LogP contribution in [0.25, 0.3) is 72.5 Å². The van der Waals surface area contributed by atoms with Gasteiger partial charge < -0.3 is 9.30 Å². The average Bonchev–Trinajstić information content (AvgIpc) is 3.43. The predicted molar refractivity (Wildman–Crippen MR) is 205 cm³/mol. The highest BCUT2D eigenvalue weighted by Crippen LogP contribution is 2.42. The van der Waals surface area contributed by atoms with Gasteiger partial charge in [-0.15, -0.1) is 0 Å². The summed E-state index contributed by atoms with van der Waals surface area (Å²) < 4.78 is 8.76. The quantitative estimate of drug-likeness (QED) is 0.174. The summed E-state index contributed by atoms with van der Waals surface area (Å²) in [6.07, 6.45) is 5.96. The lowest BCUT2D eigenvalue weighted by Crippen LogP contribution is -2.06. The Balaban J connectivity index is 1.09. The first-order valence-electron chi connectivity index (χ1n) is 17.0. The maximum atomic E-state index is 6.46. The minimum absolute atomic E-state index is 0.568. The zero-order valence-corrected chi connectivity index (χ0v) is 27.4. The highest BCUT2D eigenvalue weighted by Gasteiger charge is 2.25. The Labute approximate surface area is 294 Å². The van der Waals surface area contributed by atoms with Crippen molar-refractivity contribution < 1.29 is 4.74 Å². The molecule has 0 unspecified atom stereocenters. The topological polar surface area (TPSA) is 52.8 Å². The minimum atomic E-state index is 0.568. The van der Waals surface area contributed by atoms with E-state index in [1.807, 2.05) is 54.6 Å². The number of allylic oxidation sites excluding steroid dienone is 4. The zero-order valence-electron chi connectivity index (χ0n) is 27.4. The molecule has 0 spiro atoms. The summed E-state index contributed by atoms with van der Waals surface area (Å²) in [6, 6.07) is 52.3. The molecule has 5 heteroatoms. The summed E-state index contributed by atoms with van der Waals surface area (Å²) in [4.78, 5) is 15.1. The van der Waals surface area contributed by atoms with Crippen LogP contribution in [0.15, 0.2) is 181 Å². The summed E-state index contributed by atoms with van der Waals surface area (Å²) in [6.45, 7) is 0. The largest absolute Gasteiger partial charge is 0.448 e. The first-order chi connectivity index (χ1) is 25.3. The molecule has 0 fully saturated rings. The van der Waals surface area contributed by atoms with Gasteiger partial charge in [-0.2, -0.15) is 0 Å². The van der Waals surface area contributed by atoms with E-state index >= 15 is 0 Å². The number of para-hydroxylation sites is 2. The van der Waals surface area contributed by atoms with Crippen molar-refractivity contribution in [2.24, 2.45) is 0 Å². The van der Waals surface area contributed by atoms with E-state index in [1.165, 1.54) is 10.8 Å². The van der Waals surface area contributed by atoms with Crippen molar-refractivity contribution in [2.75, 3.05) is 0 Å². The van der Waals surface area contributed by atoms with Gasteiger partial charge in [-0.25, -0.2) is 15.0 Å². The van der Waals surface area contributed by atoms with Gasteiger partial charge in [0, 0.05) is 50.4 Å². The molecule has 0 saturated carbocycles. The Bertz CT molecular complexity index is 2730. The fraction of sp³-hybridized carbons (Fsp3) is 0. The molecule has 0 radical (unpaired) electrons. The molecule has 2 bridgehead atoms. The Morgan fingerprint density at radius 1 is 0.510 bits per heavy atom. The van der Waals surface area contributed by atoms with Gasteiger partial charge in [0.25, 0.3) is 0 Å². The number of ether oxygens (including phenoxy) is 1. The van der Waals surface area contributed by atoms with E-state index < -0.39 is 0 Å². The number of hydrogen-bond acceptors (Lipinski definition) is 4. The third-order valence-corrected chi connectivity index (χ3v) is 9.48. The van der Waals surface area contributed by atoms with Crippen LogP contribution in [-0.4, -0.2) is 19.5 Å². The second kappa shape index (κ2) is 11.8. The molecule has 51 heavy (non-hydrogen) atoms. The van der Waals surface area contributed by atoms with E-state index in [4.69, 9.17) is 19.7 Å². The van der Waals surface area contributed by atoms with Gasteiger partial charge in [0.05, 0.1) is 11.0 Å². The monoisotopic (exact) mass is 652 g/mol. The van der Waals surface area contributed by atoms with Crippen LogP contribution in [0, 0.1) is 0 Å². The van der Waals surface area contributed by atoms with Crippen molar-refractivity contribution in [1.29, 1.82) is 0 Å². The smallest absolute Gasteiger partial charge is 0.170 e. The molecule has 1 aliphatic heterocycles. The molecule has 238 valence electrons. The van der Waals surface area contributed by atoms with E-state index in [9.17, 15) is 0 Å². The van der Waals surface area contributed by atoms with Gasteiger partial charge in [-0.05, 0) is 47.5 Å². The summed E-state index contributed by atoms with van der Waals surface area (Å²) in [5.74, 6) is 3.17. The molecule has 3 heterocycles. The van der Waals surface area contributed by atoms with E-state index in [0.717, 1.165) is 61.4 Å². The lowest BCUT2D eigenvalue weighted by molar-refractivity contribution is 0.441. The molecule has 6 aromatic carbocycles. The number of rotatable bonds is 5. The van der Waals surface area contributed by atoms with Crippen LogP contribution >= 0.6 is 0 Å². The summed E-state index contributed by atoms with van der Waals surface area (Å²) in [7, 11) is 0. The van der Waals surface area contributed by atoms with E-state index in [0.29, 0.717) is 23.2 Å². The highest BCUT2D eigenvalue weighted by molar-refractivity contribution is 6.10. The van der Waals surface area contributed by atoms with Crippen molar-refractivity contribution in [3.8, 4) is 45.3 Å². The van der Waals surface area contributed by atoms with Crippen LogP contribution in [-0.2, 0) is 0 Å². The number of aromatic nitrogens is 4. The van der Waals surface area contributed by atoms with Crippen LogP contribution in [0.2, 0.25) is 0 Å². The Kier molecular flexibility index (Phi) is 6.69. The fourth-order valence-electron chi connectivity index (χ4n) is 7.05. The second-order valence-electron chi connectivity index (χ2n) is 12.6. The summed E-state index contributed by atoms with van der Waals surface area (Å²) >= 11 is 0. The normalized spacial score (nSPS) is 13.2. The Morgan fingerprint density at radius 2 is 1.06 bits per heavy atom. The maximum Gasteiger partial charge on any atom is 0.170 e. The van der Waals surface area contributed by atoms with E-state index in [2.05, 4.69) is 126 Å². The van der Waals surface area contributed by atoms with Gasteiger partial charge in [0.15, 0.2) is 23.2 Å². The van der Waals surface area contributed by atoms with Gasteiger partial charge in [0.1, 0.15) is 5.75 Å². The molecule has 0 amide bonds. The zero-order chi connectivity index (χ0) is 33.7. The van der Waals surface area contributed by atoms with Crippen LogP contribution in [0.5, 0.6) is 5.75 Å². The van der Waals surface area contributed by atoms with Crippen molar-refractivity contribution in [3.63, 3.8) is 0 Å². The highest BCUT2D eigenvalue weighted by atomic mass is 16.5. The Hall–Kier alpha value is -7.07. The minimum Gasteiger partial charge on any atom is -0.448 e. The number of hydrogen-bond donors (Lipinski definition) is 0.